The molecule has 0 saturated heterocycles. The Labute approximate surface area is 123 Å². The van der Waals surface area contributed by atoms with Crippen LogP contribution in [-0.2, 0) is 5.60 Å². The van der Waals surface area contributed by atoms with Crippen molar-refractivity contribution in [2.45, 2.75) is 58.4 Å². The third-order valence-electron chi connectivity index (χ3n) is 4.83. The van der Waals surface area contributed by atoms with Gasteiger partial charge in [-0.05, 0) is 42.8 Å². The maximum Gasteiger partial charge on any atom is 0.161 e. The van der Waals surface area contributed by atoms with Crippen LogP contribution in [0.1, 0.15) is 40.2 Å². The van der Waals surface area contributed by atoms with E-state index in [1.165, 1.54) is 10.9 Å². The van der Waals surface area contributed by atoms with E-state index in [1.807, 2.05) is 19.9 Å². The Morgan fingerprint density at radius 3 is 2.10 bits per heavy atom. The number of fused-ring (bicyclic) bond motifs is 1. The van der Waals surface area contributed by atoms with Gasteiger partial charge in [-0.2, -0.15) is 0 Å². The molecule has 0 aliphatic heterocycles. The Kier molecular flexibility index (Phi) is 3.42. The summed E-state index contributed by atoms with van der Waals surface area (Å²) in [5.41, 5.74) is 1.45. The van der Waals surface area contributed by atoms with Crippen LogP contribution < -0.4 is 0 Å². The second kappa shape index (κ2) is 4.47. The van der Waals surface area contributed by atoms with Crippen molar-refractivity contribution in [3.05, 3.63) is 36.0 Å². The van der Waals surface area contributed by atoms with Crippen LogP contribution in [0.2, 0.25) is 18.1 Å². The summed E-state index contributed by atoms with van der Waals surface area (Å²) in [7, 11) is -1.64. The standard InChI is InChI=1S/C17H27NOSi/c1-16(2,3)20(6,7)18-12-11-13-14(17(4,5)19)9-8-10-15(13)18/h8-12,19H,1-7H3. The van der Waals surface area contributed by atoms with Crippen molar-refractivity contribution in [1.82, 2.24) is 4.23 Å². The summed E-state index contributed by atoms with van der Waals surface area (Å²) in [5, 5.41) is 11.8. The van der Waals surface area contributed by atoms with Crippen molar-refractivity contribution in [3.8, 4) is 0 Å². The molecule has 0 unspecified atom stereocenters. The lowest BCUT2D eigenvalue weighted by Crippen LogP contribution is -2.44. The average molecular weight is 289 g/mol. The molecule has 0 aliphatic rings. The molecule has 0 spiro atoms. The third-order valence-corrected chi connectivity index (χ3v) is 10.1. The third kappa shape index (κ3) is 2.33. The van der Waals surface area contributed by atoms with Gasteiger partial charge in [0.1, 0.15) is 0 Å². The van der Waals surface area contributed by atoms with Gasteiger partial charge >= 0.3 is 0 Å². The molecule has 0 bridgehead atoms. The number of aromatic nitrogens is 1. The summed E-state index contributed by atoms with van der Waals surface area (Å²) in [6, 6.07) is 8.41. The molecule has 0 radical (unpaired) electrons. The first-order valence-corrected chi connectivity index (χ1v) is 10.2. The van der Waals surface area contributed by atoms with Gasteiger partial charge in [-0.25, -0.2) is 0 Å². The van der Waals surface area contributed by atoms with Gasteiger partial charge in [0.25, 0.3) is 0 Å². The van der Waals surface area contributed by atoms with Crippen molar-refractivity contribution in [2.24, 2.45) is 0 Å². The van der Waals surface area contributed by atoms with Crippen LogP contribution in [-0.4, -0.2) is 17.6 Å². The van der Waals surface area contributed by atoms with E-state index >= 15 is 0 Å². The van der Waals surface area contributed by atoms with Crippen LogP contribution in [0.3, 0.4) is 0 Å². The van der Waals surface area contributed by atoms with E-state index in [0.717, 1.165) is 5.56 Å². The van der Waals surface area contributed by atoms with Crippen molar-refractivity contribution in [1.29, 1.82) is 0 Å². The molecule has 0 atom stereocenters. The van der Waals surface area contributed by atoms with Crippen LogP contribution in [0.4, 0.5) is 0 Å². The number of nitrogens with zero attached hydrogens (tertiary/aromatic N) is 1. The second-order valence-corrected chi connectivity index (χ2v) is 12.9. The van der Waals surface area contributed by atoms with Gasteiger partial charge in [-0.1, -0.05) is 46.0 Å². The number of hydrogen-bond donors (Lipinski definition) is 1. The molecule has 0 amide bonds. The summed E-state index contributed by atoms with van der Waals surface area (Å²) < 4.78 is 2.47. The van der Waals surface area contributed by atoms with Gasteiger partial charge in [0, 0.05) is 10.9 Å². The van der Waals surface area contributed by atoms with Crippen molar-refractivity contribution < 1.29 is 5.11 Å². The molecule has 0 aliphatic carbocycles. The largest absolute Gasteiger partial charge is 0.386 e. The molecule has 0 fully saturated rings. The molecule has 1 N–H and O–H groups in total. The predicted molar refractivity (Wildman–Crippen MR) is 89.8 cm³/mol. The summed E-state index contributed by atoms with van der Waals surface area (Å²) >= 11 is 0. The minimum absolute atomic E-state index is 0.281. The predicted octanol–water partition coefficient (Wildman–Crippen LogP) is 4.72. The number of hydrogen-bond acceptors (Lipinski definition) is 1. The van der Waals surface area contributed by atoms with Crippen molar-refractivity contribution >= 4 is 19.1 Å². The molecule has 3 heteroatoms. The first-order valence-electron chi connectivity index (χ1n) is 7.30. The van der Waals surface area contributed by atoms with E-state index in [2.05, 4.69) is 62.5 Å². The molecule has 20 heavy (non-hydrogen) atoms. The van der Waals surface area contributed by atoms with E-state index in [-0.39, 0.29) is 5.04 Å². The lowest BCUT2D eigenvalue weighted by molar-refractivity contribution is 0.0802. The monoisotopic (exact) mass is 289 g/mol. The van der Waals surface area contributed by atoms with Gasteiger partial charge < -0.3 is 9.34 Å². The fourth-order valence-electron chi connectivity index (χ4n) is 2.55. The SMILES string of the molecule is CC(C)(O)c1cccc2c1ccn2[Si](C)(C)C(C)(C)C. The topological polar surface area (TPSA) is 25.2 Å². The number of aliphatic hydroxyl groups is 1. The maximum absolute atomic E-state index is 10.4. The van der Waals surface area contributed by atoms with Gasteiger partial charge in [0.2, 0.25) is 0 Å². The molecule has 1 aromatic carbocycles. The van der Waals surface area contributed by atoms with Crippen LogP contribution >= 0.6 is 0 Å². The van der Waals surface area contributed by atoms with Crippen LogP contribution in [0.25, 0.3) is 10.9 Å². The molecule has 2 aromatic rings. The molecule has 2 nitrogen and oxygen atoms in total. The van der Waals surface area contributed by atoms with Crippen molar-refractivity contribution in [3.63, 3.8) is 0 Å². The number of benzene rings is 1. The number of rotatable bonds is 2. The first-order chi connectivity index (χ1) is 8.96. The summed E-state index contributed by atoms with van der Waals surface area (Å²) in [4.78, 5) is 0. The van der Waals surface area contributed by atoms with Gasteiger partial charge in [-0.3, -0.25) is 0 Å². The van der Waals surface area contributed by atoms with Crippen molar-refractivity contribution in [2.75, 3.05) is 0 Å². The average Bonchev–Trinajstić information content (AvgIpc) is 2.69. The van der Waals surface area contributed by atoms with Gasteiger partial charge in [0.05, 0.1) is 5.60 Å². The highest BCUT2D eigenvalue weighted by atomic mass is 28.3. The second-order valence-electron chi connectivity index (χ2n) is 7.79. The Balaban J connectivity index is 2.72. The Morgan fingerprint density at radius 1 is 1.00 bits per heavy atom. The van der Waals surface area contributed by atoms with Gasteiger partial charge in [0.15, 0.2) is 8.24 Å². The lowest BCUT2D eigenvalue weighted by Gasteiger charge is -2.38. The zero-order valence-corrected chi connectivity index (χ0v) is 14.8. The molecule has 0 saturated carbocycles. The maximum atomic E-state index is 10.4. The highest BCUT2D eigenvalue weighted by molar-refractivity contribution is 6.79. The highest BCUT2D eigenvalue weighted by Crippen LogP contribution is 2.40. The smallest absolute Gasteiger partial charge is 0.161 e. The zero-order valence-electron chi connectivity index (χ0n) is 13.8. The summed E-state index contributed by atoms with van der Waals surface area (Å²) in [5.74, 6) is 0. The minimum Gasteiger partial charge on any atom is -0.386 e. The normalized spacial score (nSPS) is 14.0. The van der Waals surface area contributed by atoms with E-state index in [9.17, 15) is 5.11 Å². The molecular weight excluding hydrogens is 262 g/mol. The lowest BCUT2D eigenvalue weighted by atomic mass is 9.95. The van der Waals surface area contributed by atoms with E-state index in [0.29, 0.717) is 0 Å². The first kappa shape index (κ1) is 15.3. The zero-order chi connectivity index (χ0) is 15.3. The van der Waals surface area contributed by atoms with Crippen LogP contribution in [0.5, 0.6) is 0 Å². The van der Waals surface area contributed by atoms with Crippen LogP contribution in [0, 0.1) is 0 Å². The Bertz CT molecular complexity index is 626. The fourth-order valence-corrected chi connectivity index (χ4v) is 4.52. The molecule has 1 aromatic heterocycles. The quantitative estimate of drug-likeness (QED) is 0.795. The molecule has 2 rings (SSSR count). The van der Waals surface area contributed by atoms with E-state index in [1.54, 1.807) is 0 Å². The molecule has 1 heterocycles. The Hall–Kier alpha value is -1.06. The summed E-state index contributed by atoms with van der Waals surface area (Å²) in [6.45, 7) is 15.5. The highest BCUT2D eigenvalue weighted by Gasteiger charge is 2.38. The summed E-state index contributed by atoms with van der Waals surface area (Å²) in [6.07, 6.45) is 2.21. The minimum atomic E-state index is -1.64. The Morgan fingerprint density at radius 2 is 1.60 bits per heavy atom. The van der Waals surface area contributed by atoms with Gasteiger partial charge in [-0.15, -0.1) is 0 Å². The fraction of sp³-hybridized carbons (Fsp3) is 0.529. The van der Waals surface area contributed by atoms with E-state index in [4.69, 9.17) is 0 Å². The van der Waals surface area contributed by atoms with Crippen LogP contribution in [0.15, 0.2) is 30.5 Å². The molecular formula is C17H27NOSi. The molecule has 110 valence electrons. The van der Waals surface area contributed by atoms with E-state index < -0.39 is 13.8 Å².